The van der Waals surface area contributed by atoms with Crippen LogP contribution in [0, 0.1) is 5.92 Å². The fourth-order valence-corrected chi connectivity index (χ4v) is 2.04. The van der Waals surface area contributed by atoms with Gasteiger partial charge in [0.25, 0.3) is 0 Å². The molecule has 0 aliphatic heterocycles. The summed E-state index contributed by atoms with van der Waals surface area (Å²) in [5.41, 5.74) is 0.939. The number of rotatable bonds is 5. The first-order valence-electron chi connectivity index (χ1n) is 5.15. The van der Waals surface area contributed by atoms with Gasteiger partial charge in [-0.25, -0.2) is 0 Å². The largest absolute Gasteiger partial charge is 0.396 e. The highest BCUT2D eigenvalue weighted by atomic mass is 32.2. The quantitative estimate of drug-likeness (QED) is 0.758. The highest BCUT2D eigenvalue weighted by molar-refractivity contribution is 7.99. The van der Waals surface area contributed by atoms with Gasteiger partial charge in [0, 0.05) is 17.3 Å². The smallest absolute Gasteiger partial charge is 0.0761 e. The summed E-state index contributed by atoms with van der Waals surface area (Å²) < 4.78 is 0. The average molecular weight is 226 g/mol. The first kappa shape index (κ1) is 12.6. The van der Waals surface area contributed by atoms with Crippen LogP contribution in [0.1, 0.15) is 25.5 Å². The fraction of sp³-hybridized carbons (Fsp3) is 0.500. The Hall–Kier alpha value is -0.510. The third-order valence-corrected chi connectivity index (χ3v) is 3.55. The van der Waals surface area contributed by atoms with Crippen LogP contribution in [-0.4, -0.2) is 22.6 Å². The molecule has 0 aliphatic carbocycles. The van der Waals surface area contributed by atoms with Gasteiger partial charge in [-0.05, 0) is 30.5 Å². The van der Waals surface area contributed by atoms with Gasteiger partial charge in [0.2, 0.25) is 0 Å². The van der Waals surface area contributed by atoms with E-state index in [9.17, 15) is 5.11 Å². The fourth-order valence-electron chi connectivity index (χ4n) is 1.13. The van der Waals surface area contributed by atoms with Crippen molar-refractivity contribution < 1.29 is 10.2 Å². The van der Waals surface area contributed by atoms with Gasteiger partial charge in [0.15, 0.2) is 0 Å². The zero-order valence-electron chi connectivity index (χ0n) is 9.18. The van der Waals surface area contributed by atoms with E-state index in [4.69, 9.17) is 5.11 Å². The summed E-state index contributed by atoms with van der Waals surface area (Å²) in [6.45, 7) is 4.02. The molecule has 0 saturated heterocycles. The number of hydrogen-bond acceptors (Lipinski definition) is 3. The van der Waals surface area contributed by atoms with Gasteiger partial charge in [-0.1, -0.05) is 19.1 Å². The Morgan fingerprint density at radius 1 is 1.20 bits per heavy atom. The topological polar surface area (TPSA) is 40.5 Å². The van der Waals surface area contributed by atoms with Crippen LogP contribution in [0.25, 0.3) is 0 Å². The molecule has 1 aromatic rings. The van der Waals surface area contributed by atoms with E-state index in [2.05, 4.69) is 0 Å². The molecule has 1 aromatic carbocycles. The van der Waals surface area contributed by atoms with Crippen molar-refractivity contribution in [1.29, 1.82) is 0 Å². The predicted molar refractivity (Wildman–Crippen MR) is 64.0 cm³/mol. The summed E-state index contributed by atoms with van der Waals surface area (Å²) in [5, 5.41) is 18.2. The first-order chi connectivity index (χ1) is 7.13. The summed E-state index contributed by atoms with van der Waals surface area (Å²) in [5.74, 6) is 1.25. The molecule has 0 aromatic heterocycles. The van der Waals surface area contributed by atoms with E-state index >= 15 is 0 Å². The molecule has 2 N–H and O–H groups in total. The van der Waals surface area contributed by atoms with E-state index in [1.165, 1.54) is 4.90 Å². The van der Waals surface area contributed by atoms with Gasteiger partial charge in [-0.2, -0.15) is 0 Å². The zero-order chi connectivity index (χ0) is 11.3. The van der Waals surface area contributed by atoms with Crippen molar-refractivity contribution in [2.75, 3.05) is 12.4 Å². The Kier molecular flexibility index (Phi) is 5.15. The molecule has 0 radical (unpaired) electrons. The summed E-state index contributed by atoms with van der Waals surface area (Å²) >= 11 is 1.73. The van der Waals surface area contributed by atoms with Crippen LogP contribution in [-0.2, 0) is 0 Å². The summed E-state index contributed by atoms with van der Waals surface area (Å²) in [7, 11) is 0. The Bertz CT molecular complexity index is 282. The predicted octanol–water partition coefficient (Wildman–Crippen LogP) is 2.46. The molecule has 3 heteroatoms. The molecule has 2 nitrogen and oxygen atoms in total. The molecule has 84 valence electrons. The van der Waals surface area contributed by atoms with Crippen LogP contribution in [0.3, 0.4) is 0 Å². The van der Waals surface area contributed by atoms with E-state index in [1.54, 1.807) is 18.7 Å². The molecule has 15 heavy (non-hydrogen) atoms. The molecule has 0 amide bonds. The number of aliphatic hydroxyl groups excluding tert-OH is 2. The maximum Gasteiger partial charge on any atom is 0.0761 e. The van der Waals surface area contributed by atoms with Gasteiger partial charge < -0.3 is 10.2 Å². The van der Waals surface area contributed by atoms with E-state index in [0.29, 0.717) is 5.92 Å². The second kappa shape index (κ2) is 6.16. The second-order valence-corrected chi connectivity index (χ2v) is 4.94. The third-order valence-electron chi connectivity index (χ3n) is 2.21. The maximum atomic E-state index is 9.33. The highest BCUT2D eigenvalue weighted by Crippen LogP contribution is 2.22. The number of thioether (sulfide) groups is 1. The molecule has 0 bridgehead atoms. The SMILES string of the molecule is CC(CO)CSc1ccc([C@H](C)O)cc1. The minimum absolute atomic E-state index is 0.235. The van der Waals surface area contributed by atoms with Crippen LogP contribution < -0.4 is 0 Å². The van der Waals surface area contributed by atoms with Crippen LogP contribution in [0.15, 0.2) is 29.2 Å². The minimum Gasteiger partial charge on any atom is -0.396 e. The molecule has 0 fully saturated rings. The molecule has 0 aliphatic rings. The Balaban J connectivity index is 2.50. The van der Waals surface area contributed by atoms with Crippen LogP contribution in [0.5, 0.6) is 0 Å². The molecule has 0 spiro atoms. The van der Waals surface area contributed by atoms with Gasteiger partial charge in [-0.3, -0.25) is 0 Å². The van der Waals surface area contributed by atoms with Crippen molar-refractivity contribution in [2.24, 2.45) is 5.92 Å². The Morgan fingerprint density at radius 2 is 1.80 bits per heavy atom. The Labute approximate surface area is 95.3 Å². The van der Waals surface area contributed by atoms with E-state index in [0.717, 1.165) is 11.3 Å². The lowest BCUT2D eigenvalue weighted by Crippen LogP contribution is -2.03. The standard InChI is InChI=1S/C12H18O2S/c1-9(7-13)8-15-12-5-3-11(4-6-12)10(2)14/h3-6,9-10,13-14H,7-8H2,1-2H3/t9?,10-/m0/s1. The number of aliphatic hydroxyl groups is 2. The van der Waals surface area contributed by atoms with Crippen molar-refractivity contribution in [2.45, 2.75) is 24.8 Å². The molecule has 1 rings (SSSR count). The van der Waals surface area contributed by atoms with Crippen LogP contribution in [0.2, 0.25) is 0 Å². The maximum absolute atomic E-state index is 9.33. The molecule has 2 atom stereocenters. The molecule has 0 heterocycles. The monoisotopic (exact) mass is 226 g/mol. The number of benzene rings is 1. The molecule has 0 saturated carbocycles. The lowest BCUT2D eigenvalue weighted by Gasteiger charge is -2.08. The van der Waals surface area contributed by atoms with Crippen molar-refractivity contribution in [3.8, 4) is 0 Å². The molecular formula is C12H18O2S. The normalized spacial score (nSPS) is 14.9. The average Bonchev–Trinajstić information content (AvgIpc) is 2.26. The van der Waals surface area contributed by atoms with E-state index in [-0.39, 0.29) is 6.61 Å². The van der Waals surface area contributed by atoms with Crippen molar-refractivity contribution in [1.82, 2.24) is 0 Å². The van der Waals surface area contributed by atoms with Crippen LogP contribution in [0.4, 0.5) is 0 Å². The number of hydrogen-bond donors (Lipinski definition) is 2. The van der Waals surface area contributed by atoms with Gasteiger partial charge in [-0.15, -0.1) is 11.8 Å². The zero-order valence-corrected chi connectivity index (χ0v) is 10.00. The van der Waals surface area contributed by atoms with Gasteiger partial charge in [0.05, 0.1) is 6.10 Å². The highest BCUT2D eigenvalue weighted by Gasteiger charge is 2.03. The second-order valence-electron chi connectivity index (χ2n) is 3.84. The van der Waals surface area contributed by atoms with Gasteiger partial charge >= 0.3 is 0 Å². The minimum atomic E-state index is -0.402. The van der Waals surface area contributed by atoms with Crippen LogP contribution >= 0.6 is 11.8 Å². The van der Waals surface area contributed by atoms with Crippen molar-refractivity contribution in [3.05, 3.63) is 29.8 Å². The molecular weight excluding hydrogens is 208 g/mol. The summed E-state index contributed by atoms with van der Waals surface area (Å²) in [4.78, 5) is 1.18. The first-order valence-corrected chi connectivity index (χ1v) is 6.13. The van der Waals surface area contributed by atoms with Crippen molar-refractivity contribution in [3.63, 3.8) is 0 Å². The summed E-state index contributed by atoms with van der Waals surface area (Å²) in [6, 6.07) is 7.90. The summed E-state index contributed by atoms with van der Waals surface area (Å²) in [6.07, 6.45) is -0.402. The molecule has 1 unspecified atom stereocenters. The Morgan fingerprint density at radius 3 is 2.27 bits per heavy atom. The lowest BCUT2D eigenvalue weighted by atomic mass is 10.1. The lowest BCUT2D eigenvalue weighted by molar-refractivity contribution is 0.199. The third kappa shape index (κ3) is 4.24. The van der Waals surface area contributed by atoms with Gasteiger partial charge in [0.1, 0.15) is 0 Å². The van der Waals surface area contributed by atoms with Crippen molar-refractivity contribution >= 4 is 11.8 Å². The van der Waals surface area contributed by atoms with E-state index in [1.807, 2.05) is 31.2 Å². The van der Waals surface area contributed by atoms with E-state index < -0.39 is 6.10 Å².